The van der Waals surface area contributed by atoms with E-state index in [0.717, 1.165) is 11.1 Å². The summed E-state index contributed by atoms with van der Waals surface area (Å²) < 4.78 is 0. The van der Waals surface area contributed by atoms with Crippen molar-refractivity contribution >= 4 is 17.5 Å². The van der Waals surface area contributed by atoms with Crippen LogP contribution >= 0.6 is 11.6 Å². The number of rotatable bonds is 3. The maximum Gasteiger partial charge on any atom is 0.217 e. The highest BCUT2D eigenvalue weighted by Gasteiger charge is 2.14. The molecule has 0 saturated heterocycles. The molecule has 0 fully saturated rings. The monoisotopic (exact) mass is 259 g/mol. The molecule has 0 radical (unpaired) electrons. The molecule has 3 heteroatoms. The van der Waals surface area contributed by atoms with Gasteiger partial charge in [0.25, 0.3) is 0 Å². The molecule has 1 unspecified atom stereocenters. The molecule has 1 N–H and O–H groups in total. The maximum atomic E-state index is 11.3. The van der Waals surface area contributed by atoms with Crippen molar-refractivity contribution in [2.45, 2.75) is 13.0 Å². The van der Waals surface area contributed by atoms with Gasteiger partial charge in [-0.2, -0.15) is 0 Å². The van der Waals surface area contributed by atoms with Gasteiger partial charge in [-0.3, -0.25) is 4.79 Å². The smallest absolute Gasteiger partial charge is 0.217 e. The molecule has 0 heterocycles. The summed E-state index contributed by atoms with van der Waals surface area (Å²) >= 11 is 5.88. The molecule has 2 rings (SSSR count). The molecule has 1 amide bonds. The molecule has 2 aromatic rings. The lowest BCUT2D eigenvalue weighted by atomic mass is 9.99. The standard InChI is InChI=1S/C15H14ClNO/c1-11(18)17-15(12-5-3-2-4-6-12)13-7-9-14(16)10-8-13/h2-10,15H,1H3,(H,17,18). The molecular weight excluding hydrogens is 246 g/mol. The summed E-state index contributed by atoms with van der Waals surface area (Å²) in [4.78, 5) is 11.3. The zero-order chi connectivity index (χ0) is 13.0. The van der Waals surface area contributed by atoms with Gasteiger partial charge in [-0.15, -0.1) is 0 Å². The van der Waals surface area contributed by atoms with Crippen LogP contribution in [0.25, 0.3) is 0 Å². The van der Waals surface area contributed by atoms with Crippen LogP contribution < -0.4 is 5.32 Å². The van der Waals surface area contributed by atoms with Crippen molar-refractivity contribution in [1.29, 1.82) is 0 Å². The van der Waals surface area contributed by atoms with Gasteiger partial charge < -0.3 is 5.32 Å². The van der Waals surface area contributed by atoms with Crippen molar-refractivity contribution in [2.75, 3.05) is 0 Å². The number of amides is 1. The Morgan fingerprint density at radius 3 is 2.11 bits per heavy atom. The third kappa shape index (κ3) is 3.11. The van der Waals surface area contributed by atoms with Crippen LogP contribution in [0.2, 0.25) is 5.02 Å². The van der Waals surface area contributed by atoms with E-state index < -0.39 is 0 Å². The molecule has 92 valence electrons. The Labute approximate surface area is 112 Å². The van der Waals surface area contributed by atoms with Crippen molar-refractivity contribution in [1.82, 2.24) is 5.32 Å². The molecular formula is C15H14ClNO. The summed E-state index contributed by atoms with van der Waals surface area (Å²) in [6.45, 7) is 1.52. The van der Waals surface area contributed by atoms with Crippen molar-refractivity contribution < 1.29 is 4.79 Å². The minimum atomic E-state index is -0.138. The lowest BCUT2D eigenvalue weighted by molar-refractivity contribution is -0.119. The molecule has 0 spiro atoms. The number of nitrogens with one attached hydrogen (secondary N) is 1. The van der Waals surface area contributed by atoms with E-state index in [1.165, 1.54) is 6.92 Å². The minimum Gasteiger partial charge on any atom is -0.345 e. The third-order valence-corrected chi connectivity index (χ3v) is 2.94. The molecule has 0 aromatic heterocycles. The summed E-state index contributed by atoms with van der Waals surface area (Å²) in [7, 11) is 0. The molecule has 0 aliphatic carbocycles. The van der Waals surface area contributed by atoms with Gasteiger partial charge in [0.15, 0.2) is 0 Å². The van der Waals surface area contributed by atoms with E-state index in [4.69, 9.17) is 11.6 Å². The number of hydrogen-bond donors (Lipinski definition) is 1. The summed E-state index contributed by atoms with van der Waals surface area (Å²) in [6, 6.07) is 17.2. The first-order chi connectivity index (χ1) is 8.66. The van der Waals surface area contributed by atoms with E-state index in [-0.39, 0.29) is 11.9 Å². The van der Waals surface area contributed by atoms with Gasteiger partial charge in [-0.05, 0) is 23.3 Å². The van der Waals surface area contributed by atoms with Gasteiger partial charge in [0.1, 0.15) is 0 Å². The molecule has 2 nitrogen and oxygen atoms in total. The van der Waals surface area contributed by atoms with Crippen LogP contribution in [0.15, 0.2) is 54.6 Å². The second-order valence-electron chi connectivity index (χ2n) is 4.10. The lowest BCUT2D eigenvalue weighted by Gasteiger charge is -2.19. The first-order valence-electron chi connectivity index (χ1n) is 5.74. The van der Waals surface area contributed by atoms with E-state index in [0.29, 0.717) is 5.02 Å². The second kappa shape index (κ2) is 5.69. The largest absolute Gasteiger partial charge is 0.345 e. The quantitative estimate of drug-likeness (QED) is 0.897. The van der Waals surface area contributed by atoms with E-state index in [1.54, 1.807) is 0 Å². The van der Waals surface area contributed by atoms with Crippen LogP contribution in [0, 0.1) is 0 Å². The zero-order valence-electron chi connectivity index (χ0n) is 10.1. The molecule has 1 atom stereocenters. The van der Waals surface area contributed by atoms with Crippen molar-refractivity contribution in [3.8, 4) is 0 Å². The predicted octanol–water partition coefficient (Wildman–Crippen LogP) is 3.57. The summed E-state index contributed by atoms with van der Waals surface area (Å²) in [5.74, 6) is -0.0567. The maximum absolute atomic E-state index is 11.3. The first kappa shape index (κ1) is 12.7. The van der Waals surface area contributed by atoms with Crippen molar-refractivity contribution in [3.05, 3.63) is 70.7 Å². The van der Waals surface area contributed by atoms with Crippen LogP contribution in [-0.4, -0.2) is 5.91 Å². The van der Waals surface area contributed by atoms with Gasteiger partial charge in [-0.25, -0.2) is 0 Å². The van der Waals surface area contributed by atoms with Crippen LogP contribution in [-0.2, 0) is 4.79 Å². The summed E-state index contributed by atoms with van der Waals surface area (Å²) in [5.41, 5.74) is 2.07. The highest BCUT2D eigenvalue weighted by atomic mass is 35.5. The number of carbonyl (C=O) groups is 1. The van der Waals surface area contributed by atoms with E-state index in [1.807, 2.05) is 54.6 Å². The fourth-order valence-corrected chi connectivity index (χ4v) is 1.99. The molecule has 0 aliphatic heterocycles. The van der Waals surface area contributed by atoms with Gasteiger partial charge in [0.05, 0.1) is 6.04 Å². The predicted molar refractivity (Wildman–Crippen MR) is 73.6 cm³/mol. The highest BCUT2D eigenvalue weighted by molar-refractivity contribution is 6.30. The fraction of sp³-hybridized carbons (Fsp3) is 0.133. The SMILES string of the molecule is CC(=O)NC(c1ccccc1)c1ccc(Cl)cc1. The Kier molecular flexibility index (Phi) is 4.00. The molecule has 18 heavy (non-hydrogen) atoms. The summed E-state index contributed by atoms with van der Waals surface area (Å²) in [6.07, 6.45) is 0. The molecule has 2 aromatic carbocycles. The second-order valence-corrected chi connectivity index (χ2v) is 4.53. The summed E-state index contributed by atoms with van der Waals surface area (Å²) in [5, 5.41) is 3.64. The van der Waals surface area contributed by atoms with Gasteiger partial charge in [0, 0.05) is 11.9 Å². The van der Waals surface area contributed by atoms with E-state index in [2.05, 4.69) is 5.32 Å². The average Bonchev–Trinajstić information content (AvgIpc) is 2.38. The zero-order valence-corrected chi connectivity index (χ0v) is 10.8. The molecule has 0 bridgehead atoms. The Bertz CT molecular complexity index is 522. The van der Waals surface area contributed by atoms with Crippen LogP contribution in [0.5, 0.6) is 0 Å². The third-order valence-electron chi connectivity index (χ3n) is 2.68. The lowest BCUT2D eigenvalue weighted by Crippen LogP contribution is -2.26. The Morgan fingerprint density at radius 1 is 1.00 bits per heavy atom. The number of benzene rings is 2. The highest BCUT2D eigenvalue weighted by Crippen LogP contribution is 2.23. The number of carbonyl (C=O) groups excluding carboxylic acids is 1. The Balaban J connectivity index is 2.36. The van der Waals surface area contributed by atoms with Crippen LogP contribution in [0.1, 0.15) is 24.1 Å². The van der Waals surface area contributed by atoms with Gasteiger partial charge in [0.2, 0.25) is 5.91 Å². The molecule has 0 saturated carbocycles. The first-order valence-corrected chi connectivity index (χ1v) is 6.12. The van der Waals surface area contributed by atoms with Crippen LogP contribution in [0.4, 0.5) is 0 Å². The fourth-order valence-electron chi connectivity index (χ4n) is 1.86. The van der Waals surface area contributed by atoms with Crippen molar-refractivity contribution in [2.24, 2.45) is 0 Å². The van der Waals surface area contributed by atoms with Crippen molar-refractivity contribution in [3.63, 3.8) is 0 Å². The van der Waals surface area contributed by atoms with E-state index >= 15 is 0 Å². The average molecular weight is 260 g/mol. The van der Waals surface area contributed by atoms with Crippen LogP contribution in [0.3, 0.4) is 0 Å². The molecule has 0 aliphatic rings. The van der Waals surface area contributed by atoms with Gasteiger partial charge >= 0.3 is 0 Å². The minimum absolute atomic E-state index is 0.0567. The Morgan fingerprint density at radius 2 is 1.56 bits per heavy atom. The van der Waals surface area contributed by atoms with E-state index in [9.17, 15) is 4.79 Å². The Hall–Kier alpha value is -1.80. The topological polar surface area (TPSA) is 29.1 Å². The number of hydrogen-bond acceptors (Lipinski definition) is 1. The van der Waals surface area contributed by atoms with Gasteiger partial charge in [-0.1, -0.05) is 54.1 Å². The number of halogens is 1. The normalized spacial score (nSPS) is 11.9.